The van der Waals surface area contributed by atoms with Crippen molar-refractivity contribution in [2.24, 2.45) is 5.92 Å². The fourth-order valence-corrected chi connectivity index (χ4v) is 2.80. The van der Waals surface area contributed by atoms with Gasteiger partial charge in [-0.15, -0.1) is 0 Å². The van der Waals surface area contributed by atoms with E-state index in [0.717, 1.165) is 18.8 Å². The number of carboxylic acid groups (broad SMARTS) is 1. The molecule has 1 aromatic rings. The molecule has 126 valence electrons. The molecular weight excluding hydrogens is 294 g/mol. The summed E-state index contributed by atoms with van der Waals surface area (Å²) in [6.45, 7) is 6.13. The predicted molar refractivity (Wildman–Crippen MR) is 88.0 cm³/mol. The van der Waals surface area contributed by atoms with Crippen LogP contribution in [0.1, 0.15) is 43.5 Å². The summed E-state index contributed by atoms with van der Waals surface area (Å²) in [5.41, 5.74) is 0.696. The van der Waals surface area contributed by atoms with E-state index < -0.39 is 5.97 Å². The smallest absolute Gasteiger partial charge is 0.306 e. The highest BCUT2D eigenvalue weighted by Gasteiger charge is 2.24. The topological polar surface area (TPSA) is 66.8 Å². The van der Waals surface area contributed by atoms with Gasteiger partial charge in [-0.1, -0.05) is 0 Å². The van der Waals surface area contributed by atoms with Crippen molar-refractivity contribution in [1.29, 1.82) is 0 Å². The lowest BCUT2D eigenvalue weighted by Gasteiger charge is -2.29. The standard InChI is InChI=1S/C18H25NO4/c1-13(2)23-16-5-3-14(4-6-16)17(20)9-12-19-10-7-15(8-11-19)18(21)22/h3-6,13,15H,7-12H2,1-2H3,(H,21,22). The minimum atomic E-state index is -0.704. The average Bonchev–Trinajstić information content (AvgIpc) is 2.53. The van der Waals surface area contributed by atoms with Gasteiger partial charge in [-0.05, 0) is 64.0 Å². The van der Waals surface area contributed by atoms with Crippen LogP contribution in [0, 0.1) is 5.92 Å². The van der Waals surface area contributed by atoms with E-state index in [2.05, 4.69) is 4.90 Å². The summed E-state index contributed by atoms with van der Waals surface area (Å²) < 4.78 is 5.57. The molecule has 1 aliphatic rings. The Morgan fingerprint density at radius 1 is 1.22 bits per heavy atom. The van der Waals surface area contributed by atoms with Crippen molar-refractivity contribution in [3.63, 3.8) is 0 Å². The van der Waals surface area contributed by atoms with Crippen LogP contribution in [0.15, 0.2) is 24.3 Å². The molecule has 2 rings (SSSR count). The zero-order valence-electron chi connectivity index (χ0n) is 13.8. The molecule has 0 radical (unpaired) electrons. The third-order valence-corrected chi connectivity index (χ3v) is 4.14. The van der Waals surface area contributed by atoms with Gasteiger partial charge in [0.05, 0.1) is 12.0 Å². The maximum absolute atomic E-state index is 12.2. The molecule has 1 saturated heterocycles. The Morgan fingerprint density at radius 2 is 1.83 bits per heavy atom. The van der Waals surface area contributed by atoms with Gasteiger partial charge in [0.1, 0.15) is 5.75 Å². The molecule has 1 aliphatic heterocycles. The summed E-state index contributed by atoms with van der Waals surface area (Å²) in [4.78, 5) is 25.3. The molecule has 5 nitrogen and oxygen atoms in total. The van der Waals surface area contributed by atoms with E-state index in [-0.39, 0.29) is 17.8 Å². The van der Waals surface area contributed by atoms with Crippen LogP contribution in [0.4, 0.5) is 0 Å². The molecule has 0 saturated carbocycles. The maximum Gasteiger partial charge on any atom is 0.306 e. The number of carbonyl (C=O) groups excluding carboxylic acids is 1. The van der Waals surface area contributed by atoms with Crippen molar-refractivity contribution in [2.45, 2.75) is 39.2 Å². The summed E-state index contributed by atoms with van der Waals surface area (Å²) in [6, 6.07) is 7.25. The number of ketones is 1. The highest BCUT2D eigenvalue weighted by atomic mass is 16.5. The molecule has 0 amide bonds. The first-order valence-corrected chi connectivity index (χ1v) is 8.21. The molecule has 0 bridgehead atoms. The van der Waals surface area contributed by atoms with Gasteiger partial charge in [0.2, 0.25) is 0 Å². The first-order valence-electron chi connectivity index (χ1n) is 8.21. The Labute approximate surface area is 137 Å². The van der Waals surface area contributed by atoms with Gasteiger partial charge in [0.25, 0.3) is 0 Å². The molecule has 5 heteroatoms. The molecule has 0 atom stereocenters. The molecule has 0 unspecified atom stereocenters. The molecule has 23 heavy (non-hydrogen) atoms. The number of benzene rings is 1. The lowest BCUT2D eigenvalue weighted by Crippen LogP contribution is -2.37. The number of ether oxygens (including phenoxy) is 1. The highest BCUT2D eigenvalue weighted by molar-refractivity contribution is 5.96. The number of carbonyl (C=O) groups is 2. The van der Waals surface area contributed by atoms with Gasteiger partial charge in [0.15, 0.2) is 5.78 Å². The van der Waals surface area contributed by atoms with Crippen LogP contribution in [0.2, 0.25) is 0 Å². The second-order valence-electron chi connectivity index (χ2n) is 6.32. The number of hydrogen-bond donors (Lipinski definition) is 1. The van der Waals surface area contributed by atoms with Crippen LogP contribution in [0.3, 0.4) is 0 Å². The van der Waals surface area contributed by atoms with Crippen LogP contribution in [0.25, 0.3) is 0 Å². The van der Waals surface area contributed by atoms with Crippen LogP contribution in [-0.2, 0) is 4.79 Å². The number of aliphatic carboxylic acids is 1. The molecule has 1 N–H and O–H groups in total. The van der Waals surface area contributed by atoms with Crippen LogP contribution < -0.4 is 4.74 Å². The fraction of sp³-hybridized carbons (Fsp3) is 0.556. The Kier molecular flexibility index (Phi) is 6.16. The maximum atomic E-state index is 12.2. The first kappa shape index (κ1) is 17.5. The number of nitrogens with zero attached hydrogens (tertiary/aromatic N) is 1. The van der Waals surface area contributed by atoms with Gasteiger partial charge in [-0.2, -0.15) is 0 Å². The third kappa shape index (κ3) is 5.36. The Bertz CT molecular complexity index is 530. The molecule has 0 aliphatic carbocycles. The van der Waals surface area contributed by atoms with Crippen LogP contribution in [-0.4, -0.2) is 47.5 Å². The van der Waals surface area contributed by atoms with Crippen LogP contribution in [0.5, 0.6) is 5.75 Å². The van der Waals surface area contributed by atoms with E-state index in [4.69, 9.17) is 9.84 Å². The van der Waals surface area contributed by atoms with E-state index in [1.807, 2.05) is 26.0 Å². The normalized spacial score (nSPS) is 16.5. The minimum Gasteiger partial charge on any atom is -0.491 e. The average molecular weight is 319 g/mol. The summed E-state index contributed by atoms with van der Waals surface area (Å²) in [7, 11) is 0. The Hall–Kier alpha value is -1.88. The molecule has 1 aromatic carbocycles. The number of piperidine rings is 1. The summed E-state index contributed by atoms with van der Waals surface area (Å²) >= 11 is 0. The quantitative estimate of drug-likeness (QED) is 0.783. The fourth-order valence-electron chi connectivity index (χ4n) is 2.80. The summed E-state index contributed by atoms with van der Waals surface area (Å²) in [5.74, 6) is -0.0476. The Morgan fingerprint density at radius 3 is 2.35 bits per heavy atom. The van der Waals surface area contributed by atoms with E-state index in [1.165, 1.54) is 0 Å². The van der Waals surface area contributed by atoms with E-state index >= 15 is 0 Å². The molecule has 1 fully saturated rings. The molecule has 1 heterocycles. The lowest BCUT2D eigenvalue weighted by atomic mass is 9.97. The number of carboxylic acids is 1. The second kappa shape index (κ2) is 8.11. The monoisotopic (exact) mass is 319 g/mol. The van der Waals surface area contributed by atoms with Gasteiger partial charge >= 0.3 is 5.97 Å². The first-order chi connectivity index (χ1) is 11.0. The zero-order chi connectivity index (χ0) is 16.8. The number of likely N-dealkylation sites (tertiary alicyclic amines) is 1. The van der Waals surface area contributed by atoms with Gasteiger partial charge in [-0.3, -0.25) is 9.59 Å². The number of hydrogen-bond acceptors (Lipinski definition) is 4. The van der Waals surface area contributed by atoms with E-state index in [9.17, 15) is 9.59 Å². The molecule has 0 aromatic heterocycles. The van der Waals surface area contributed by atoms with Gasteiger partial charge in [0, 0.05) is 18.5 Å². The summed E-state index contributed by atoms with van der Waals surface area (Å²) in [6.07, 6.45) is 1.92. The largest absolute Gasteiger partial charge is 0.491 e. The predicted octanol–water partition coefficient (Wildman–Crippen LogP) is 2.84. The minimum absolute atomic E-state index is 0.112. The van der Waals surface area contributed by atoms with Crippen LogP contribution >= 0.6 is 0 Å². The van der Waals surface area contributed by atoms with Crippen molar-refractivity contribution in [1.82, 2.24) is 4.90 Å². The number of rotatable bonds is 7. The molecule has 0 spiro atoms. The Balaban J connectivity index is 1.78. The van der Waals surface area contributed by atoms with Crippen molar-refractivity contribution in [3.8, 4) is 5.75 Å². The van der Waals surface area contributed by atoms with Crippen molar-refractivity contribution in [3.05, 3.63) is 29.8 Å². The zero-order valence-corrected chi connectivity index (χ0v) is 13.8. The highest BCUT2D eigenvalue weighted by Crippen LogP contribution is 2.18. The SMILES string of the molecule is CC(C)Oc1ccc(C(=O)CCN2CCC(C(=O)O)CC2)cc1. The van der Waals surface area contributed by atoms with Gasteiger partial charge in [-0.25, -0.2) is 0 Å². The van der Waals surface area contributed by atoms with E-state index in [0.29, 0.717) is 31.4 Å². The van der Waals surface area contributed by atoms with Crippen molar-refractivity contribution >= 4 is 11.8 Å². The molecular formula is C18H25NO4. The summed E-state index contributed by atoms with van der Waals surface area (Å²) in [5, 5.41) is 8.99. The number of Topliss-reactive ketones (excluding diaryl/α,β-unsaturated/α-hetero) is 1. The lowest BCUT2D eigenvalue weighted by molar-refractivity contribution is -0.143. The second-order valence-corrected chi connectivity index (χ2v) is 6.32. The van der Waals surface area contributed by atoms with E-state index in [1.54, 1.807) is 12.1 Å². The van der Waals surface area contributed by atoms with Gasteiger partial charge < -0.3 is 14.7 Å². The van der Waals surface area contributed by atoms with Crippen molar-refractivity contribution in [2.75, 3.05) is 19.6 Å². The van der Waals surface area contributed by atoms with Crippen molar-refractivity contribution < 1.29 is 19.4 Å². The third-order valence-electron chi connectivity index (χ3n) is 4.14.